The topological polar surface area (TPSA) is 171 Å². The number of urea groups is 1. The lowest BCUT2D eigenvalue weighted by Gasteiger charge is -2.40. The van der Waals surface area contributed by atoms with E-state index in [0.29, 0.717) is 37.8 Å². The third-order valence-corrected chi connectivity index (χ3v) is 13.8. The summed E-state index contributed by atoms with van der Waals surface area (Å²) in [6.45, 7) is 14.9. The Balaban J connectivity index is 1.30. The van der Waals surface area contributed by atoms with Gasteiger partial charge in [-0.25, -0.2) is 13.2 Å². The van der Waals surface area contributed by atoms with Crippen molar-refractivity contribution in [2.75, 3.05) is 12.3 Å². The summed E-state index contributed by atoms with van der Waals surface area (Å²) in [5, 5.41) is 11.2. The van der Waals surface area contributed by atoms with Crippen LogP contribution in [-0.2, 0) is 29.0 Å². The molecule has 256 valence electrons. The molecule has 1 saturated heterocycles. The van der Waals surface area contributed by atoms with E-state index in [2.05, 4.69) is 27.8 Å². The average molecular weight is 662 g/mol. The number of ketones is 1. The molecule has 4 atom stereocenters. The summed E-state index contributed by atoms with van der Waals surface area (Å²) >= 11 is 0. The van der Waals surface area contributed by atoms with Gasteiger partial charge in [-0.15, -0.1) is 0 Å². The highest BCUT2D eigenvalue weighted by Gasteiger charge is 2.70. The first-order valence-corrected chi connectivity index (χ1v) is 18.3. The molecule has 5 aliphatic rings. The van der Waals surface area contributed by atoms with Crippen molar-refractivity contribution in [1.29, 1.82) is 0 Å². The van der Waals surface area contributed by atoms with Gasteiger partial charge in [0.05, 0.1) is 16.0 Å². The monoisotopic (exact) mass is 661 g/mol. The lowest BCUT2D eigenvalue weighted by atomic mass is 9.83. The number of hydrogen-bond acceptors (Lipinski definition) is 7. The van der Waals surface area contributed by atoms with Crippen molar-refractivity contribution in [3.05, 3.63) is 12.2 Å². The van der Waals surface area contributed by atoms with Crippen LogP contribution in [0.15, 0.2) is 12.2 Å². The third-order valence-electron chi connectivity index (χ3n) is 11.0. The van der Waals surface area contributed by atoms with Crippen molar-refractivity contribution in [3.8, 4) is 0 Å². The number of rotatable bonds is 11. The Labute approximate surface area is 272 Å². The van der Waals surface area contributed by atoms with Crippen LogP contribution in [0.3, 0.4) is 0 Å². The van der Waals surface area contributed by atoms with Crippen molar-refractivity contribution in [2.45, 2.75) is 133 Å². The van der Waals surface area contributed by atoms with Crippen molar-refractivity contribution in [2.24, 2.45) is 17.3 Å². The maximum absolute atomic E-state index is 14.1. The number of carbonyl (C=O) groups excluding carboxylic acids is 5. The van der Waals surface area contributed by atoms with Crippen LogP contribution < -0.4 is 21.3 Å². The van der Waals surface area contributed by atoms with Gasteiger partial charge in [0.15, 0.2) is 9.84 Å². The zero-order chi connectivity index (χ0) is 34.0. The van der Waals surface area contributed by atoms with E-state index in [9.17, 15) is 32.4 Å². The summed E-state index contributed by atoms with van der Waals surface area (Å²) in [7, 11) is -3.56. The predicted molar refractivity (Wildman–Crippen MR) is 172 cm³/mol. The Morgan fingerprint density at radius 3 is 2.09 bits per heavy atom. The van der Waals surface area contributed by atoms with Crippen LogP contribution in [0.1, 0.15) is 99.3 Å². The molecular weight excluding hydrogens is 610 g/mol. The molecule has 13 heteroatoms. The Morgan fingerprint density at radius 1 is 0.957 bits per heavy atom. The number of Topliss-reactive ketones (excluding diaryl/α,β-unsaturated/α-hetero) is 1. The van der Waals surface area contributed by atoms with Crippen molar-refractivity contribution in [3.63, 3.8) is 0 Å². The highest BCUT2D eigenvalue weighted by molar-refractivity contribution is 7.92. The maximum Gasteiger partial charge on any atom is 0.316 e. The Kier molecular flexibility index (Phi) is 8.69. The number of hydrogen-bond donors (Lipinski definition) is 4. The molecule has 0 unspecified atom stereocenters. The second kappa shape index (κ2) is 11.6. The van der Waals surface area contributed by atoms with E-state index in [1.807, 2.05) is 13.8 Å². The zero-order valence-electron chi connectivity index (χ0n) is 28.1. The van der Waals surface area contributed by atoms with Crippen molar-refractivity contribution < 1.29 is 32.4 Å². The van der Waals surface area contributed by atoms with Gasteiger partial charge < -0.3 is 26.2 Å². The van der Waals surface area contributed by atoms with E-state index in [1.165, 1.54) is 4.90 Å². The largest absolute Gasteiger partial charge is 0.347 e. The van der Waals surface area contributed by atoms with Gasteiger partial charge >= 0.3 is 6.03 Å². The van der Waals surface area contributed by atoms with E-state index in [0.717, 1.165) is 32.1 Å². The molecule has 4 aliphatic carbocycles. The van der Waals surface area contributed by atoms with E-state index in [4.69, 9.17) is 0 Å². The average Bonchev–Trinajstić information content (AvgIpc) is 3.90. The molecule has 0 spiro atoms. The molecule has 46 heavy (non-hydrogen) atoms. The van der Waals surface area contributed by atoms with Crippen LogP contribution in [0.4, 0.5) is 4.79 Å². The number of likely N-dealkylation sites (tertiary alicyclic amines) is 1. The van der Waals surface area contributed by atoms with Crippen LogP contribution in [0.5, 0.6) is 0 Å². The molecule has 4 saturated carbocycles. The molecule has 0 bridgehead atoms. The molecule has 1 heterocycles. The SMILES string of the molecule is C=C(C)[C@H](NC(=O)NC1(CS(=O)(=O)C(C)(C)C)CCCCC1)C(=O)N1C[C@H]2[C@@H]([C@H]1C(=O)NC1(C(=O)C(=O)NC3CC3)CC1)C2(C)C. The van der Waals surface area contributed by atoms with Gasteiger partial charge in [-0.2, -0.15) is 0 Å². The number of nitrogens with zero attached hydrogens (tertiary/aromatic N) is 1. The molecule has 12 nitrogen and oxygen atoms in total. The molecular formula is C33H51N5O7S. The number of nitrogens with one attached hydrogen (secondary N) is 4. The molecule has 1 aliphatic heterocycles. The Bertz CT molecular complexity index is 1430. The number of carbonyl (C=O) groups is 5. The van der Waals surface area contributed by atoms with Gasteiger partial charge in [0, 0.05) is 12.6 Å². The van der Waals surface area contributed by atoms with Gasteiger partial charge in [0.2, 0.25) is 17.6 Å². The standard InChI is InChI=1S/C33H51N5O7S/c1-19(2)23(35-29(43)37-32(13-9-8-10-14-32)18-46(44,45)30(3,4)5)28(42)38-17-21-22(31(21,6)7)24(38)26(40)36-33(15-16-33)25(39)27(41)34-20-11-12-20/h20-24H,1,8-18H2,2-7H3,(H,34,41)(H,36,40)(H2,35,37,43)/t21-,22-,23-,24-/m0/s1. The van der Waals surface area contributed by atoms with Gasteiger partial charge in [-0.05, 0) is 89.0 Å². The quantitative estimate of drug-likeness (QED) is 0.194. The first-order chi connectivity index (χ1) is 21.2. The number of amides is 5. The maximum atomic E-state index is 14.1. The number of fused-ring (bicyclic) bond motifs is 1. The number of piperidine rings is 1. The molecule has 0 aromatic rings. The highest BCUT2D eigenvalue weighted by atomic mass is 32.2. The molecule has 5 fully saturated rings. The Morgan fingerprint density at radius 2 is 1.57 bits per heavy atom. The molecule has 5 amide bonds. The van der Waals surface area contributed by atoms with E-state index < -0.39 is 67.3 Å². The summed E-state index contributed by atoms with van der Waals surface area (Å²) < 4.78 is 25.4. The summed E-state index contributed by atoms with van der Waals surface area (Å²) in [5.74, 6) is -2.59. The lowest BCUT2D eigenvalue weighted by molar-refractivity contribution is -0.144. The van der Waals surface area contributed by atoms with E-state index >= 15 is 0 Å². The van der Waals surface area contributed by atoms with Crippen LogP contribution in [0.25, 0.3) is 0 Å². The minimum Gasteiger partial charge on any atom is -0.347 e. The van der Waals surface area contributed by atoms with Crippen LogP contribution >= 0.6 is 0 Å². The fourth-order valence-corrected chi connectivity index (χ4v) is 8.96. The van der Waals surface area contributed by atoms with Gasteiger partial charge in [0.1, 0.15) is 17.6 Å². The molecule has 4 N–H and O–H groups in total. The predicted octanol–water partition coefficient (Wildman–Crippen LogP) is 2.13. The fraction of sp³-hybridized carbons (Fsp3) is 0.788. The molecule has 0 aromatic carbocycles. The van der Waals surface area contributed by atoms with Gasteiger partial charge in [0.25, 0.3) is 5.91 Å². The normalized spacial score (nSPS) is 27.8. The lowest BCUT2D eigenvalue weighted by Crippen LogP contribution is -2.62. The first-order valence-electron chi connectivity index (χ1n) is 16.7. The van der Waals surface area contributed by atoms with Gasteiger partial charge in [-0.3, -0.25) is 19.2 Å². The van der Waals surface area contributed by atoms with E-state index in [-0.39, 0.29) is 29.0 Å². The van der Waals surface area contributed by atoms with Crippen LogP contribution in [0, 0.1) is 17.3 Å². The van der Waals surface area contributed by atoms with Crippen molar-refractivity contribution >= 4 is 39.4 Å². The second-order valence-electron chi connectivity index (χ2n) is 16.1. The highest BCUT2D eigenvalue weighted by Crippen LogP contribution is 2.65. The molecule has 5 rings (SSSR count). The van der Waals surface area contributed by atoms with Crippen molar-refractivity contribution in [1.82, 2.24) is 26.2 Å². The minimum absolute atomic E-state index is 0.0126. The van der Waals surface area contributed by atoms with Crippen LogP contribution in [-0.4, -0.2) is 89.1 Å². The summed E-state index contributed by atoms with van der Waals surface area (Å²) in [6.07, 6.45) is 5.90. The molecule has 0 radical (unpaired) electrons. The van der Waals surface area contributed by atoms with Crippen LogP contribution in [0.2, 0.25) is 0 Å². The summed E-state index contributed by atoms with van der Waals surface area (Å²) in [5.41, 5.74) is -2.05. The molecule has 0 aromatic heterocycles. The van der Waals surface area contributed by atoms with E-state index in [1.54, 1.807) is 27.7 Å². The fourth-order valence-electron chi connectivity index (χ4n) is 7.44. The second-order valence-corrected chi connectivity index (χ2v) is 18.9. The first kappa shape index (κ1) is 34.4. The summed E-state index contributed by atoms with van der Waals surface area (Å²) in [4.78, 5) is 68.5. The smallest absolute Gasteiger partial charge is 0.316 e. The van der Waals surface area contributed by atoms with Gasteiger partial charge in [-0.1, -0.05) is 39.7 Å². The summed E-state index contributed by atoms with van der Waals surface area (Å²) in [6, 6.07) is -2.69. The zero-order valence-corrected chi connectivity index (χ0v) is 28.9. The Hall–Kier alpha value is -2.96. The number of sulfone groups is 1. The third kappa shape index (κ3) is 6.57. The minimum atomic E-state index is -3.56.